The van der Waals surface area contributed by atoms with E-state index in [0.29, 0.717) is 5.76 Å². The Hall–Kier alpha value is -2.38. The van der Waals surface area contributed by atoms with Gasteiger partial charge in [0.25, 0.3) is 12.1 Å². The average molecular weight is 281 g/mol. The second kappa shape index (κ2) is 4.95. The number of urea groups is 1. The van der Waals surface area contributed by atoms with Gasteiger partial charge in [-0.2, -0.15) is 0 Å². The molecule has 2 rings (SSSR count). The van der Waals surface area contributed by atoms with Gasteiger partial charge in [0.15, 0.2) is 5.82 Å². The van der Waals surface area contributed by atoms with Gasteiger partial charge in [0, 0.05) is 26.0 Å². The van der Waals surface area contributed by atoms with Crippen molar-refractivity contribution in [1.82, 2.24) is 10.1 Å². The zero-order valence-corrected chi connectivity index (χ0v) is 11.6. The van der Waals surface area contributed by atoms with Crippen molar-refractivity contribution in [2.75, 3.05) is 11.9 Å². The normalized spacial score (nSPS) is 19.1. The summed E-state index contributed by atoms with van der Waals surface area (Å²) < 4.78 is 9.89. The Morgan fingerprint density at radius 2 is 2.10 bits per heavy atom. The van der Waals surface area contributed by atoms with Crippen LogP contribution in [-0.4, -0.2) is 41.2 Å². The number of nitrogens with zero attached hydrogens (tertiary/aromatic N) is 3. The molecule has 1 saturated heterocycles. The summed E-state index contributed by atoms with van der Waals surface area (Å²) in [5.74, 6) is -0.598. The van der Waals surface area contributed by atoms with Crippen molar-refractivity contribution < 1.29 is 23.6 Å². The van der Waals surface area contributed by atoms with Gasteiger partial charge in [0.05, 0.1) is 0 Å². The van der Waals surface area contributed by atoms with Gasteiger partial charge in [0.1, 0.15) is 5.76 Å². The minimum atomic E-state index is -1.26. The molecule has 0 aromatic carbocycles. The van der Waals surface area contributed by atoms with E-state index in [1.165, 1.54) is 20.0 Å². The zero-order chi connectivity index (χ0) is 15.0. The van der Waals surface area contributed by atoms with Crippen LogP contribution in [0.4, 0.5) is 10.6 Å². The minimum Gasteiger partial charge on any atom is -0.432 e. The standard InChI is InChI=1S/C12H15N3O5/c1-6(2)8-5-9(13-20-8)15-10(17)11(19-7(3)16)14(4)12(15)18/h5-6,11H,1-4H3. The molecule has 0 aliphatic carbocycles. The summed E-state index contributed by atoms with van der Waals surface area (Å²) in [6.07, 6.45) is -1.26. The topological polar surface area (TPSA) is 93.0 Å². The van der Waals surface area contributed by atoms with Gasteiger partial charge in [-0.15, -0.1) is 0 Å². The van der Waals surface area contributed by atoms with Crippen molar-refractivity contribution in [2.45, 2.75) is 32.9 Å². The number of anilines is 1. The lowest BCUT2D eigenvalue weighted by molar-refractivity contribution is -0.157. The number of carbonyl (C=O) groups excluding carboxylic acids is 3. The number of esters is 1. The molecule has 20 heavy (non-hydrogen) atoms. The highest BCUT2D eigenvalue weighted by molar-refractivity contribution is 6.20. The Bertz CT molecular complexity index is 565. The molecule has 2 heterocycles. The number of ether oxygens (including phenoxy) is 1. The number of hydrogen-bond donors (Lipinski definition) is 0. The number of likely N-dealkylation sites (N-methyl/N-ethyl adjacent to an activating group) is 1. The smallest absolute Gasteiger partial charge is 0.335 e. The summed E-state index contributed by atoms with van der Waals surface area (Å²) >= 11 is 0. The Morgan fingerprint density at radius 3 is 2.60 bits per heavy atom. The Balaban J connectivity index is 2.29. The molecular formula is C12H15N3O5. The second-order valence-electron chi connectivity index (χ2n) is 4.77. The minimum absolute atomic E-state index is 0.0750. The second-order valence-corrected chi connectivity index (χ2v) is 4.77. The highest BCUT2D eigenvalue weighted by Gasteiger charge is 2.47. The molecule has 1 unspecified atom stereocenters. The summed E-state index contributed by atoms with van der Waals surface area (Å²) in [4.78, 5) is 37.0. The summed E-state index contributed by atoms with van der Waals surface area (Å²) in [7, 11) is 1.37. The highest BCUT2D eigenvalue weighted by atomic mass is 16.6. The van der Waals surface area contributed by atoms with E-state index < -0.39 is 24.1 Å². The number of aromatic nitrogens is 1. The fourth-order valence-electron chi connectivity index (χ4n) is 1.78. The predicted octanol–water partition coefficient (Wildman–Crippen LogP) is 1.09. The molecule has 8 heteroatoms. The third-order valence-corrected chi connectivity index (χ3v) is 2.87. The molecular weight excluding hydrogens is 266 g/mol. The van der Waals surface area contributed by atoms with Crippen LogP contribution in [0.3, 0.4) is 0 Å². The van der Waals surface area contributed by atoms with Gasteiger partial charge >= 0.3 is 12.0 Å². The third-order valence-electron chi connectivity index (χ3n) is 2.87. The van der Waals surface area contributed by atoms with E-state index in [4.69, 9.17) is 9.26 Å². The Kier molecular flexibility index (Phi) is 3.47. The van der Waals surface area contributed by atoms with Crippen LogP contribution in [0, 0.1) is 0 Å². The number of amides is 3. The molecule has 0 N–H and O–H groups in total. The van der Waals surface area contributed by atoms with E-state index in [-0.39, 0.29) is 11.7 Å². The van der Waals surface area contributed by atoms with Crippen LogP contribution in [0.25, 0.3) is 0 Å². The van der Waals surface area contributed by atoms with Crippen molar-refractivity contribution in [2.24, 2.45) is 0 Å². The molecule has 1 aliphatic heterocycles. The maximum atomic E-state index is 12.1. The van der Waals surface area contributed by atoms with Crippen LogP contribution >= 0.6 is 0 Å². The molecule has 1 aromatic rings. The lowest BCUT2D eigenvalue weighted by atomic mass is 10.1. The van der Waals surface area contributed by atoms with Gasteiger partial charge < -0.3 is 9.26 Å². The van der Waals surface area contributed by atoms with Crippen molar-refractivity contribution in [3.05, 3.63) is 11.8 Å². The summed E-state index contributed by atoms with van der Waals surface area (Å²) in [6.45, 7) is 4.96. The number of hydrogen-bond acceptors (Lipinski definition) is 6. The maximum Gasteiger partial charge on any atom is 0.335 e. The van der Waals surface area contributed by atoms with Crippen molar-refractivity contribution in [3.8, 4) is 0 Å². The van der Waals surface area contributed by atoms with Gasteiger partial charge in [0.2, 0.25) is 0 Å². The summed E-state index contributed by atoms with van der Waals surface area (Å²) in [5.41, 5.74) is 0. The zero-order valence-electron chi connectivity index (χ0n) is 11.6. The van der Waals surface area contributed by atoms with Crippen molar-refractivity contribution in [1.29, 1.82) is 0 Å². The average Bonchev–Trinajstić information content (AvgIpc) is 2.90. The third kappa shape index (κ3) is 2.24. The summed E-state index contributed by atoms with van der Waals surface area (Å²) in [6, 6.07) is 0.898. The van der Waals surface area contributed by atoms with E-state index in [1.807, 2.05) is 13.8 Å². The van der Waals surface area contributed by atoms with Gasteiger partial charge in [-0.25, -0.2) is 9.69 Å². The lowest BCUT2D eigenvalue weighted by Gasteiger charge is -2.14. The summed E-state index contributed by atoms with van der Waals surface area (Å²) in [5, 5.41) is 3.71. The number of carbonyl (C=O) groups is 3. The highest BCUT2D eigenvalue weighted by Crippen LogP contribution is 2.26. The molecule has 0 radical (unpaired) electrons. The van der Waals surface area contributed by atoms with Crippen LogP contribution in [0.5, 0.6) is 0 Å². The molecule has 108 valence electrons. The van der Waals surface area contributed by atoms with Crippen LogP contribution in [0.15, 0.2) is 10.6 Å². The molecule has 0 bridgehead atoms. The van der Waals surface area contributed by atoms with Gasteiger partial charge in [-0.1, -0.05) is 19.0 Å². The van der Waals surface area contributed by atoms with Crippen molar-refractivity contribution >= 4 is 23.7 Å². The van der Waals surface area contributed by atoms with E-state index in [9.17, 15) is 14.4 Å². The molecule has 1 atom stereocenters. The van der Waals surface area contributed by atoms with E-state index >= 15 is 0 Å². The van der Waals surface area contributed by atoms with Crippen LogP contribution in [0.2, 0.25) is 0 Å². The van der Waals surface area contributed by atoms with E-state index in [2.05, 4.69) is 5.16 Å². The first-order valence-electron chi connectivity index (χ1n) is 6.07. The predicted molar refractivity (Wildman–Crippen MR) is 66.8 cm³/mol. The van der Waals surface area contributed by atoms with Crippen LogP contribution in [0.1, 0.15) is 32.4 Å². The lowest BCUT2D eigenvalue weighted by Crippen LogP contribution is -2.35. The van der Waals surface area contributed by atoms with E-state index in [0.717, 1.165) is 9.80 Å². The van der Waals surface area contributed by atoms with Gasteiger partial charge in [-0.3, -0.25) is 14.5 Å². The molecule has 0 saturated carbocycles. The van der Waals surface area contributed by atoms with Crippen molar-refractivity contribution in [3.63, 3.8) is 0 Å². The first kappa shape index (κ1) is 14.0. The maximum absolute atomic E-state index is 12.1. The number of rotatable bonds is 3. The Morgan fingerprint density at radius 1 is 1.45 bits per heavy atom. The van der Waals surface area contributed by atoms with Crippen LogP contribution < -0.4 is 4.90 Å². The molecule has 3 amide bonds. The number of imide groups is 1. The molecule has 1 aromatic heterocycles. The first-order chi connectivity index (χ1) is 9.32. The van der Waals surface area contributed by atoms with E-state index in [1.54, 1.807) is 0 Å². The van der Waals surface area contributed by atoms with Gasteiger partial charge in [-0.05, 0) is 0 Å². The quantitative estimate of drug-likeness (QED) is 0.608. The Labute approximate surface area is 115 Å². The molecule has 1 fully saturated rings. The fraction of sp³-hybridized carbons (Fsp3) is 0.500. The first-order valence-corrected chi connectivity index (χ1v) is 6.07. The molecule has 0 spiro atoms. The largest absolute Gasteiger partial charge is 0.432 e. The molecule has 8 nitrogen and oxygen atoms in total. The SMILES string of the molecule is CC(=O)OC1C(=O)N(c2cc(C(C)C)on2)C(=O)N1C. The monoisotopic (exact) mass is 281 g/mol. The fourth-order valence-corrected chi connectivity index (χ4v) is 1.78. The van der Waals surface area contributed by atoms with Crippen LogP contribution in [-0.2, 0) is 14.3 Å². The molecule has 1 aliphatic rings.